The number of hydrogen-bond donors (Lipinski definition) is 0. The largest absolute Gasteiger partial charge is 0.460 e. The van der Waals surface area contributed by atoms with Crippen molar-refractivity contribution in [1.29, 1.82) is 0 Å². The lowest BCUT2D eigenvalue weighted by molar-refractivity contribution is -0.181. The number of carbonyl (C=O) groups excluding carboxylic acids is 1. The first kappa shape index (κ1) is 16.4. The normalized spacial score (nSPS) is 12.4. The molecule has 0 rings (SSSR count). The van der Waals surface area contributed by atoms with Crippen molar-refractivity contribution in [3.63, 3.8) is 0 Å². The predicted molar refractivity (Wildman–Crippen MR) is 66.8 cm³/mol. The Bertz CT molecular complexity index is 182. The van der Waals surface area contributed by atoms with Gasteiger partial charge < -0.3 is 14.2 Å². The van der Waals surface area contributed by atoms with E-state index in [0.717, 1.165) is 25.7 Å². The molecule has 0 fully saturated rings. The summed E-state index contributed by atoms with van der Waals surface area (Å²) in [5.74, 6) is -0.171. The first-order valence-corrected chi connectivity index (χ1v) is 6.63. The Morgan fingerprint density at radius 3 is 2.35 bits per heavy atom. The molecule has 0 aromatic heterocycles. The molecule has 102 valence electrons. The number of unbranched alkanes of at least 4 members (excludes halogenated alkanes) is 2. The minimum atomic E-state index is -0.419. The van der Waals surface area contributed by atoms with Crippen LogP contribution in [0.5, 0.6) is 0 Å². The molecule has 4 heteroatoms. The Hall–Kier alpha value is -0.610. The van der Waals surface area contributed by atoms with Crippen LogP contribution in [-0.2, 0) is 19.0 Å². The summed E-state index contributed by atoms with van der Waals surface area (Å²) in [5.41, 5.74) is 0. The Labute approximate surface area is 105 Å². The molecule has 0 saturated carbocycles. The summed E-state index contributed by atoms with van der Waals surface area (Å²) in [6.07, 6.45) is 4.00. The van der Waals surface area contributed by atoms with E-state index in [0.29, 0.717) is 19.6 Å². The number of rotatable bonds is 11. The minimum Gasteiger partial charge on any atom is -0.460 e. The van der Waals surface area contributed by atoms with Gasteiger partial charge in [0.05, 0.1) is 0 Å². The zero-order valence-corrected chi connectivity index (χ0v) is 11.4. The topological polar surface area (TPSA) is 44.8 Å². The number of ether oxygens (including phenoxy) is 3. The van der Waals surface area contributed by atoms with Gasteiger partial charge in [0.15, 0.2) is 6.29 Å². The molecule has 1 unspecified atom stereocenters. The van der Waals surface area contributed by atoms with Gasteiger partial charge in [-0.3, -0.25) is 4.79 Å². The number of esters is 1. The summed E-state index contributed by atoms with van der Waals surface area (Å²) in [4.78, 5) is 11.3. The van der Waals surface area contributed by atoms with Gasteiger partial charge >= 0.3 is 5.97 Å². The molecule has 0 aromatic rings. The molecule has 0 aromatic carbocycles. The van der Waals surface area contributed by atoms with Gasteiger partial charge in [0, 0.05) is 19.6 Å². The summed E-state index contributed by atoms with van der Waals surface area (Å²) in [7, 11) is 0. The summed E-state index contributed by atoms with van der Waals surface area (Å²) >= 11 is 0. The van der Waals surface area contributed by atoms with E-state index in [1.165, 1.54) is 0 Å². The highest BCUT2D eigenvalue weighted by atomic mass is 16.7. The van der Waals surface area contributed by atoms with Crippen molar-refractivity contribution < 1.29 is 19.0 Å². The van der Waals surface area contributed by atoms with Crippen LogP contribution < -0.4 is 0 Å². The maximum Gasteiger partial charge on any atom is 0.305 e. The molecule has 0 aliphatic carbocycles. The fraction of sp³-hybridized carbons (Fsp3) is 0.923. The van der Waals surface area contributed by atoms with Crippen LogP contribution in [0.4, 0.5) is 0 Å². The van der Waals surface area contributed by atoms with Crippen molar-refractivity contribution in [1.82, 2.24) is 0 Å². The van der Waals surface area contributed by atoms with Crippen LogP contribution in [0.15, 0.2) is 0 Å². The zero-order chi connectivity index (χ0) is 12.9. The third-order valence-corrected chi connectivity index (χ3v) is 2.27. The summed E-state index contributed by atoms with van der Waals surface area (Å²) in [6, 6.07) is 0. The van der Waals surface area contributed by atoms with Gasteiger partial charge in [-0.05, 0) is 19.8 Å². The highest BCUT2D eigenvalue weighted by Crippen LogP contribution is 2.02. The number of carbonyl (C=O) groups is 1. The molecule has 0 saturated heterocycles. The first-order valence-electron chi connectivity index (χ1n) is 6.63. The van der Waals surface area contributed by atoms with Gasteiger partial charge in [0.25, 0.3) is 0 Å². The average Bonchev–Trinajstić information content (AvgIpc) is 2.33. The molecule has 0 spiro atoms. The van der Waals surface area contributed by atoms with Gasteiger partial charge in [-0.1, -0.05) is 26.7 Å². The molecule has 0 amide bonds. The molecule has 0 aliphatic rings. The molecule has 0 heterocycles. The lowest BCUT2D eigenvalue weighted by Gasteiger charge is -2.17. The molecule has 1 atom stereocenters. The number of hydrogen-bond acceptors (Lipinski definition) is 4. The van der Waals surface area contributed by atoms with Crippen LogP contribution in [-0.4, -0.2) is 32.1 Å². The lowest BCUT2D eigenvalue weighted by Crippen LogP contribution is -2.25. The predicted octanol–water partition coefficient (Wildman–Crippen LogP) is 2.90. The van der Waals surface area contributed by atoms with Crippen molar-refractivity contribution in [3.8, 4) is 0 Å². The standard InChI is InChI=1S/C13H26O4/c1-4-7-9-12(14)17-11-13(15-6-3)16-10-8-5-2/h13H,4-11H2,1-3H3. The monoisotopic (exact) mass is 246 g/mol. The quantitative estimate of drug-likeness (QED) is 0.319. The Balaban J connectivity index is 3.70. The molecular weight excluding hydrogens is 220 g/mol. The molecule has 4 nitrogen and oxygen atoms in total. The van der Waals surface area contributed by atoms with Gasteiger partial charge in [0.2, 0.25) is 0 Å². The van der Waals surface area contributed by atoms with E-state index in [-0.39, 0.29) is 12.6 Å². The van der Waals surface area contributed by atoms with E-state index in [4.69, 9.17) is 14.2 Å². The van der Waals surface area contributed by atoms with Gasteiger partial charge in [-0.2, -0.15) is 0 Å². The van der Waals surface area contributed by atoms with E-state index in [1.807, 2.05) is 13.8 Å². The van der Waals surface area contributed by atoms with Crippen LogP contribution in [0.1, 0.15) is 52.9 Å². The average molecular weight is 246 g/mol. The highest BCUT2D eigenvalue weighted by molar-refractivity contribution is 5.69. The maximum absolute atomic E-state index is 11.3. The van der Waals surface area contributed by atoms with Crippen LogP contribution >= 0.6 is 0 Å². The second kappa shape index (κ2) is 11.9. The Morgan fingerprint density at radius 1 is 1.06 bits per heavy atom. The van der Waals surface area contributed by atoms with Crippen molar-refractivity contribution >= 4 is 5.97 Å². The molecule has 0 bridgehead atoms. The second-order valence-corrected chi connectivity index (χ2v) is 3.90. The van der Waals surface area contributed by atoms with Crippen LogP contribution in [0.3, 0.4) is 0 Å². The molecule has 0 aliphatic heterocycles. The molecule has 0 N–H and O–H groups in total. The van der Waals surface area contributed by atoms with E-state index in [2.05, 4.69) is 6.92 Å². The third kappa shape index (κ3) is 10.3. The first-order chi connectivity index (χ1) is 8.24. The molecular formula is C13H26O4. The summed E-state index contributed by atoms with van der Waals surface area (Å²) < 4.78 is 15.9. The Morgan fingerprint density at radius 2 is 1.76 bits per heavy atom. The molecule has 17 heavy (non-hydrogen) atoms. The summed E-state index contributed by atoms with van der Waals surface area (Å²) in [6.45, 7) is 7.44. The van der Waals surface area contributed by atoms with Gasteiger partial charge in [0.1, 0.15) is 6.61 Å². The fourth-order valence-corrected chi connectivity index (χ4v) is 1.24. The fourth-order valence-electron chi connectivity index (χ4n) is 1.24. The van der Waals surface area contributed by atoms with Crippen molar-refractivity contribution in [3.05, 3.63) is 0 Å². The lowest BCUT2D eigenvalue weighted by atomic mass is 10.2. The smallest absolute Gasteiger partial charge is 0.305 e. The SMILES string of the molecule is CCCCOC(COC(=O)CCCC)OCC. The maximum atomic E-state index is 11.3. The highest BCUT2D eigenvalue weighted by Gasteiger charge is 2.11. The van der Waals surface area contributed by atoms with E-state index >= 15 is 0 Å². The van der Waals surface area contributed by atoms with Crippen molar-refractivity contribution in [2.24, 2.45) is 0 Å². The van der Waals surface area contributed by atoms with E-state index < -0.39 is 6.29 Å². The van der Waals surface area contributed by atoms with Crippen molar-refractivity contribution in [2.75, 3.05) is 19.8 Å². The summed E-state index contributed by atoms with van der Waals surface area (Å²) in [5, 5.41) is 0. The van der Waals surface area contributed by atoms with Gasteiger partial charge in [-0.15, -0.1) is 0 Å². The third-order valence-electron chi connectivity index (χ3n) is 2.27. The molecule has 0 radical (unpaired) electrons. The second-order valence-electron chi connectivity index (χ2n) is 3.90. The zero-order valence-electron chi connectivity index (χ0n) is 11.4. The van der Waals surface area contributed by atoms with Crippen LogP contribution in [0, 0.1) is 0 Å². The van der Waals surface area contributed by atoms with Crippen molar-refractivity contribution in [2.45, 2.75) is 59.2 Å². The van der Waals surface area contributed by atoms with Crippen LogP contribution in [0.25, 0.3) is 0 Å². The minimum absolute atomic E-state index is 0.171. The van der Waals surface area contributed by atoms with E-state index in [9.17, 15) is 4.79 Å². The van der Waals surface area contributed by atoms with Gasteiger partial charge in [-0.25, -0.2) is 0 Å². The van der Waals surface area contributed by atoms with E-state index in [1.54, 1.807) is 0 Å². The Kier molecular flexibility index (Phi) is 11.4. The van der Waals surface area contributed by atoms with Crippen LogP contribution in [0.2, 0.25) is 0 Å².